The lowest BCUT2D eigenvalue weighted by molar-refractivity contribution is -0.133. The molecule has 1 saturated heterocycles. The van der Waals surface area contributed by atoms with Gasteiger partial charge >= 0.3 is 0 Å². The first kappa shape index (κ1) is 23.2. The largest absolute Gasteiger partial charge is 0.493 e. The Labute approximate surface area is 207 Å². The second kappa shape index (κ2) is 10.4. The molecule has 9 heteroatoms. The second-order valence-corrected chi connectivity index (χ2v) is 9.32. The van der Waals surface area contributed by atoms with Crippen LogP contribution in [-0.4, -0.2) is 48.2 Å². The summed E-state index contributed by atoms with van der Waals surface area (Å²) in [4.78, 5) is 32.2. The molecule has 0 saturated carbocycles. The number of carbonyl (C=O) groups is 2. The SMILES string of the molecule is CCOc1ccccc1-c1nc(CC(=O)N2CCC(C(=O)Nc3ccc4c(c3)OCO4)CC2)cs1. The van der Waals surface area contributed by atoms with Gasteiger partial charge in [0.1, 0.15) is 10.8 Å². The number of hydrogen-bond acceptors (Lipinski definition) is 7. The first-order chi connectivity index (χ1) is 17.1. The van der Waals surface area contributed by atoms with Crippen molar-refractivity contribution in [3.05, 3.63) is 53.5 Å². The number of piperidine rings is 1. The number of aromatic nitrogens is 1. The van der Waals surface area contributed by atoms with Crippen molar-refractivity contribution < 1.29 is 23.8 Å². The molecule has 0 unspecified atom stereocenters. The van der Waals surface area contributed by atoms with E-state index in [1.807, 2.05) is 41.5 Å². The molecule has 182 valence electrons. The summed E-state index contributed by atoms with van der Waals surface area (Å²) in [5.41, 5.74) is 2.37. The first-order valence-electron chi connectivity index (χ1n) is 11.8. The summed E-state index contributed by atoms with van der Waals surface area (Å²) in [6.45, 7) is 3.85. The molecule has 5 rings (SSSR count). The molecule has 1 fully saturated rings. The average Bonchev–Trinajstić information content (AvgIpc) is 3.54. The van der Waals surface area contributed by atoms with Gasteiger partial charge in [-0.15, -0.1) is 11.3 Å². The number of hydrogen-bond donors (Lipinski definition) is 1. The summed E-state index contributed by atoms with van der Waals surface area (Å²) in [6.07, 6.45) is 1.51. The van der Waals surface area contributed by atoms with E-state index >= 15 is 0 Å². The maximum absolute atomic E-state index is 12.9. The molecule has 3 heterocycles. The van der Waals surface area contributed by atoms with E-state index in [1.54, 1.807) is 18.2 Å². The molecule has 35 heavy (non-hydrogen) atoms. The number of ether oxygens (including phenoxy) is 3. The Hall–Kier alpha value is -3.59. The van der Waals surface area contributed by atoms with Gasteiger partial charge in [-0.3, -0.25) is 9.59 Å². The third-order valence-electron chi connectivity index (χ3n) is 6.16. The number of benzene rings is 2. The number of fused-ring (bicyclic) bond motifs is 1. The van der Waals surface area contributed by atoms with Crippen molar-refractivity contribution in [2.24, 2.45) is 5.92 Å². The van der Waals surface area contributed by atoms with Crippen molar-refractivity contribution in [2.45, 2.75) is 26.2 Å². The molecule has 1 aromatic heterocycles. The maximum Gasteiger partial charge on any atom is 0.231 e. The van der Waals surface area contributed by atoms with Crippen LogP contribution in [0.1, 0.15) is 25.5 Å². The van der Waals surface area contributed by atoms with Crippen molar-refractivity contribution in [3.63, 3.8) is 0 Å². The van der Waals surface area contributed by atoms with Crippen LogP contribution in [0.4, 0.5) is 5.69 Å². The first-order valence-corrected chi connectivity index (χ1v) is 12.6. The van der Waals surface area contributed by atoms with Crippen molar-refractivity contribution >= 4 is 28.8 Å². The normalized spacial score (nSPS) is 15.2. The number of nitrogens with zero attached hydrogens (tertiary/aromatic N) is 2. The van der Waals surface area contributed by atoms with Crippen LogP contribution < -0.4 is 19.5 Å². The molecule has 0 bridgehead atoms. The second-order valence-electron chi connectivity index (χ2n) is 8.46. The Morgan fingerprint density at radius 2 is 1.94 bits per heavy atom. The predicted molar refractivity (Wildman–Crippen MR) is 133 cm³/mol. The van der Waals surface area contributed by atoms with Gasteiger partial charge in [0.15, 0.2) is 11.5 Å². The maximum atomic E-state index is 12.9. The van der Waals surface area contributed by atoms with E-state index in [-0.39, 0.29) is 30.9 Å². The van der Waals surface area contributed by atoms with Gasteiger partial charge in [-0.1, -0.05) is 12.1 Å². The van der Waals surface area contributed by atoms with Crippen LogP contribution in [0.15, 0.2) is 47.8 Å². The summed E-state index contributed by atoms with van der Waals surface area (Å²) in [5.74, 6) is 1.98. The fraction of sp³-hybridized carbons (Fsp3) is 0.346. The average molecular weight is 494 g/mol. The Bertz CT molecular complexity index is 1220. The Morgan fingerprint density at radius 1 is 1.14 bits per heavy atom. The Balaban J connectivity index is 1.13. The van der Waals surface area contributed by atoms with E-state index < -0.39 is 0 Å². The predicted octanol–water partition coefficient (Wildman–Crippen LogP) is 4.36. The fourth-order valence-electron chi connectivity index (χ4n) is 4.31. The molecule has 0 spiro atoms. The highest BCUT2D eigenvalue weighted by molar-refractivity contribution is 7.13. The topological polar surface area (TPSA) is 90.0 Å². The zero-order chi connectivity index (χ0) is 24.2. The minimum absolute atomic E-state index is 0.0342. The molecule has 0 radical (unpaired) electrons. The lowest BCUT2D eigenvalue weighted by Gasteiger charge is -2.31. The van der Waals surface area contributed by atoms with Crippen LogP contribution in [0.2, 0.25) is 0 Å². The highest BCUT2D eigenvalue weighted by atomic mass is 32.1. The van der Waals surface area contributed by atoms with E-state index in [0.717, 1.165) is 22.0 Å². The van der Waals surface area contributed by atoms with Gasteiger partial charge < -0.3 is 24.4 Å². The molecule has 8 nitrogen and oxygen atoms in total. The summed E-state index contributed by atoms with van der Waals surface area (Å²) in [7, 11) is 0. The highest BCUT2D eigenvalue weighted by Crippen LogP contribution is 2.35. The van der Waals surface area contributed by atoms with E-state index in [2.05, 4.69) is 10.3 Å². The van der Waals surface area contributed by atoms with E-state index in [0.29, 0.717) is 49.7 Å². The molecule has 3 aromatic rings. The standard InChI is InChI=1S/C26H27N3O5S/c1-2-32-21-6-4-3-5-20(21)26-28-19(15-35-26)14-24(30)29-11-9-17(10-12-29)25(31)27-18-7-8-22-23(13-18)34-16-33-22/h3-8,13,15,17H,2,9-12,14,16H2,1H3,(H,27,31). The fourth-order valence-corrected chi connectivity index (χ4v) is 5.16. The van der Waals surface area contributed by atoms with Crippen molar-refractivity contribution in [1.82, 2.24) is 9.88 Å². The zero-order valence-electron chi connectivity index (χ0n) is 19.5. The summed E-state index contributed by atoms with van der Waals surface area (Å²) < 4.78 is 16.4. The van der Waals surface area contributed by atoms with Gasteiger partial charge in [0, 0.05) is 36.1 Å². The summed E-state index contributed by atoms with van der Waals surface area (Å²) in [5, 5.41) is 5.74. The van der Waals surface area contributed by atoms with Gasteiger partial charge in [-0.05, 0) is 44.0 Å². The van der Waals surface area contributed by atoms with E-state index in [1.165, 1.54) is 11.3 Å². The van der Waals surface area contributed by atoms with Crippen LogP contribution in [0.25, 0.3) is 10.6 Å². The van der Waals surface area contributed by atoms with Crippen molar-refractivity contribution in [1.29, 1.82) is 0 Å². The van der Waals surface area contributed by atoms with Crippen LogP contribution >= 0.6 is 11.3 Å². The molecule has 2 aromatic carbocycles. The summed E-state index contributed by atoms with van der Waals surface area (Å²) >= 11 is 1.51. The van der Waals surface area contributed by atoms with Gasteiger partial charge in [0.25, 0.3) is 0 Å². The molecule has 2 amide bonds. The van der Waals surface area contributed by atoms with E-state index in [9.17, 15) is 9.59 Å². The van der Waals surface area contributed by atoms with E-state index in [4.69, 9.17) is 14.2 Å². The van der Waals surface area contributed by atoms with Crippen LogP contribution in [-0.2, 0) is 16.0 Å². The molecule has 2 aliphatic rings. The van der Waals surface area contributed by atoms with Gasteiger partial charge in [0.05, 0.1) is 24.3 Å². The number of likely N-dealkylation sites (tertiary alicyclic amines) is 1. The molecular formula is C26H27N3O5S. The van der Waals surface area contributed by atoms with Gasteiger partial charge in [-0.2, -0.15) is 0 Å². The minimum Gasteiger partial charge on any atom is -0.493 e. The molecule has 2 aliphatic heterocycles. The van der Waals surface area contributed by atoms with Gasteiger partial charge in [-0.25, -0.2) is 4.98 Å². The third-order valence-corrected chi connectivity index (χ3v) is 7.08. The number of anilines is 1. The lowest BCUT2D eigenvalue weighted by atomic mass is 9.95. The number of para-hydroxylation sites is 1. The minimum atomic E-state index is -0.134. The monoisotopic (exact) mass is 493 g/mol. The molecule has 1 N–H and O–H groups in total. The number of rotatable bonds is 7. The highest BCUT2D eigenvalue weighted by Gasteiger charge is 2.28. The van der Waals surface area contributed by atoms with Crippen LogP contribution in [0.3, 0.4) is 0 Å². The molecular weight excluding hydrogens is 466 g/mol. The molecule has 0 atom stereocenters. The smallest absolute Gasteiger partial charge is 0.231 e. The third kappa shape index (κ3) is 5.24. The lowest BCUT2D eigenvalue weighted by Crippen LogP contribution is -2.42. The Morgan fingerprint density at radius 3 is 2.77 bits per heavy atom. The van der Waals surface area contributed by atoms with Crippen molar-refractivity contribution in [3.8, 4) is 27.8 Å². The number of carbonyl (C=O) groups excluding carboxylic acids is 2. The number of thiazole rings is 1. The summed E-state index contributed by atoms with van der Waals surface area (Å²) in [6, 6.07) is 13.2. The van der Waals surface area contributed by atoms with Crippen LogP contribution in [0.5, 0.6) is 17.2 Å². The quantitative estimate of drug-likeness (QED) is 0.526. The van der Waals surface area contributed by atoms with Crippen molar-refractivity contribution in [2.75, 3.05) is 31.8 Å². The zero-order valence-corrected chi connectivity index (χ0v) is 20.3. The number of nitrogens with one attached hydrogen (secondary N) is 1. The number of amides is 2. The molecule has 0 aliphatic carbocycles. The Kier molecular flexibility index (Phi) is 6.85. The van der Waals surface area contributed by atoms with Crippen LogP contribution in [0, 0.1) is 5.92 Å². The van der Waals surface area contributed by atoms with Gasteiger partial charge in [0.2, 0.25) is 18.6 Å².